The van der Waals surface area contributed by atoms with Crippen LogP contribution in [0.15, 0.2) is 42.7 Å². The van der Waals surface area contributed by atoms with Crippen molar-refractivity contribution in [1.82, 2.24) is 20.4 Å². The van der Waals surface area contributed by atoms with E-state index in [0.717, 1.165) is 11.3 Å². The van der Waals surface area contributed by atoms with Crippen molar-refractivity contribution in [2.24, 2.45) is 0 Å². The number of benzene rings is 1. The highest BCUT2D eigenvalue weighted by Gasteiger charge is 2.29. The average Bonchev–Trinajstić information content (AvgIpc) is 3.07. The fraction of sp³-hybridized carbons (Fsp3) is 0.214. The van der Waals surface area contributed by atoms with Crippen LogP contribution < -0.4 is 10.6 Å². The molecule has 2 aromatic rings. The number of hydrogen-bond acceptors (Lipinski definition) is 4. The Hall–Kier alpha value is -2.47. The number of imide groups is 1. The zero-order valence-electron chi connectivity index (χ0n) is 10.7. The van der Waals surface area contributed by atoms with E-state index in [1.807, 2.05) is 36.5 Å². The molecule has 2 N–H and O–H groups in total. The second-order valence-corrected chi connectivity index (χ2v) is 4.63. The normalized spacial score (nSPS) is 18.3. The highest BCUT2D eigenvalue weighted by atomic mass is 16.2. The molecule has 20 heavy (non-hydrogen) atoms. The summed E-state index contributed by atoms with van der Waals surface area (Å²) < 4.78 is 1.77. The molecule has 1 unspecified atom stereocenters. The Bertz CT molecular complexity index is 636. The molecule has 0 spiro atoms. The lowest BCUT2D eigenvalue weighted by atomic mass is 10.1. The molecule has 1 aliphatic rings. The predicted molar refractivity (Wildman–Crippen MR) is 72.0 cm³/mol. The molecule has 0 saturated carbocycles. The van der Waals surface area contributed by atoms with Gasteiger partial charge >= 0.3 is 0 Å². The molecule has 6 heteroatoms. The first-order valence-electron chi connectivity index (χ1n) is 6.39. The molecule has 6 nitrogen and oxygen atoms in total. The molecule has 1 aromatic carbocycles. The van der Waals surface area contributed by atoms with Crippen LogP contribution in [-0.4, -0.2) is 27.6 Å². The molecule has 1 fully saturated rings. The molecule has 0 aliphatic carbocycles. The lowest BCUT2D eigenvalue weighted by Gasteiger charge is -2.12. The summed E-state index contributed by atoms with van der Waals surface area (Å²) >= 11 is 0. The highest BCUT2D eigenvalue weighted by molar-refractivity contribution is 6.05. The number of nitrogens with zero attached hydrogens (tertiary/aromatic N) is 2. The minimum absolute atomic E-state index is 0.197. The van der Waals surface area contributed by atoms with Gasteiger partial charge in [-0.1, -0.05) is 18.2 Å². The second-order valence-electron chi connectivity index (χ2n) is 4.63. The minimum atomic E-state index is -0.451. The van der Waals surface area contributed by atoms with Crippen molar-refractivity contribution in [3.8, 4) is 5.69 Å². The number of nitrogens with one attached hydrogen (secondary N) is 2. The van der Waals surface area contributed by atoms with Crippen LogP contribution in [0.4, 0.5) is 0 Å². The molecule has 2 amide bonds. The second kappa shape index (κ2) is 5.26. The third kappa shape index (κ3) is 2.46. The average molecular weight is 270 g/mol. The Morgan fingerprint density at radius 2 is 2.15 bits per heavy atom. The molecule has 1 atom stereocenters. The Kier molecular flexibility index (Phi) is 3.30. The molecular formula is C14H14N4O2. The van der Waals surface area contributed by atoms with Gasteiger partial charge in [-0.05, 0) is 17.7 Å². The van der Waals surface area contributed by atoms with Gasteiger partial charge in [0, 0.05) is 18.9 Å². The van der Waals surface area contributed by atoms with E-state index >= 15 is 0 Å². The van der Waals surface area contributed by atoms with Gasteiger partial charge in [0.15, 0.2) is 0 Å². The summed E-state index contributed by atoms with van der Waals surface area (Å²) in [5.74, 6) is -0.487. The molecule has 3 rings (SSSR count). The standard InChI is InChI=1S/C14H14N4O2/c19-13-8-11(14(20)17-13)15-9-10-4-1-2-5-12(10)18-7-3-6-16-18/h1-7,11,15H,8-9H2,(H,17,19,20). The van der Waals surface area contributed by atoms with Crippen LogP contribution >= 0.6 is 0 Å². The number of carbonyl (C=O) groups excluding carboxylic acids is 2. The van der Waals surface area contributed by atoms with Gasteiger partial charge in [-0.2, -0.15) is 5.10 Å². The van der Waals surface area contributed by atoms with Crippen LogP contribution in [0.1, 0.15) is 12.0 Å². The summed E-state index contributed by atoms with van der Waals surface area (Å²) in [6.07, 6.45) is 3.78. The van der Waals surface area contributed by atoms with E-state index in [4.69, 9.17) is 0 Å². The maximum Gasteiger partial charge on any atom is 0.244 e. The highest BCUT2D eigenvalue weighted by Crippen LogP contribution is 2.14. The van der Waals surface area contributed by atoms with Crippen molar-refractivity contribution in [3.05, 3.63) is 48.3 Å². The van der Waals surface area contributed by atoms with Crippen molar-refractivity contribution in [1.29, 1.82) is 0 Å². The third-order valence-electron chi connectivity index (χ3n) is 3.25. The number of para-hydroxylation sites is 1. The summed E-state index contributed by atoms with van der Waals surface area (Å²) in [6.45, 7) is 0.501. The van der Waals surface area contributed by atoms with Crippen molar-refractivity contribution >= 4 is 11.8 Å². The van der Waals surface area contributed by atoms with Gasteiger partial charge in [0.1, 0.15) is 0 Å². The van der Waals surface area contributed by atoms with E-state index in [0.29, 0.717) is 6.54 Å². The summed E-state index contributed by atoms with van der Waals surface area (Å²) in [4.78, 5) is 22.7. The van der Waals surface area contributed by atoms with E-state index in [1.165, 1.54) is 0 Å². The molecule has 0 bridgehead atoms. The van der Waals surface area contributed by atoms with Crippen molar-refractivity contribution in [2.75, 3.05) is 0 Å². The SMILES string of the molecule is O=C1CC(NCc2ccccc2-n2cccn2)C(=O)N1. The third-order valence-corrected chi connectivity index (χ3v) is 3.25. The summed E-state index contributed by atoms with van der Waals surface area (Å²) in [7, 11) is 0. The Labute approximate surface area is 115 Å². The van der Waals surface area contributed by atoms with Gasteiger partial charge in [0.25, 0.3) is 0 Å². The molecule has 1 aromatic heterocycles. The molecular weight excluding hydrogens is 256 g/mol. The van der Waals surface area contributed by atoms with Crippen LogP contribution in [-0.2, 0) is 16.1 Å². The van der Waals surface area contributed by atoms with Gasteiger partial charge in [0.05, 0.1) is 18.2 Å². The molecule has 1 aliphatic heterocycles. The first-order valence-corrected chi connectivity index (χ1v) is 6.39. The van der Waals surface area contributed by atoms with Crippen LogP contribution in [0.25, 0.3) is 5.69 Å². The largest absolute Gasteiger partial charge is 0.301 e. The quantitative estimate of drug-likeness (QED) is 0.787. The summed E-state index contributed by atoms with van der Waals surface area (Å²) in [5.41, 5.74) is 1.97. The lowest BCUT2D eigenvalue weighted by molar-refractivity contribution is -0.125. The predicted octanol–water partition coefficient (Wildman–Crippen LogP) is 0.377. The van der Waals surface area contributed by atoms with E-state index in [9.17, 15) is 9.59 Å². The van der Waals surface area contributed by atoms with Crippen LogP contribution in [0.3, 0.4) is 0 Å². The summed E-state index contributed by atoms with van der Waals surface area (Å²) in [5, 5.41) is 9.60. The Morgan fingerprint density at radius 1 is 1.30 bits per heavy atom. The van der Waals surface area contributed by atoms with Crippen LogP contribution in [0, 0.1) is 0 Å². The topological polar surface area (TPSA) is 76.0 Å². The van der Waals surface area contributed by atoms with Crippen molar-refractivity contribution in [2.45, 2.75) is 19.0 Å². The smallest absolute Gasteiger partial charge is 0.244 e. The lowest BCUT2D eigenvalue weighted by Crippen LogP contribution is -2.36. The monoisotopic (exact) mass is 270 g/mol. The van der Waals surface area contributed by atoms with E-state index < -0.39 is 6.04 Å². The minimum Gasteiger partial charge on any atom is -0.301 e. The van der Waals surface area contributed by atoms with E-state index in [1.54, 1.807) is 10.9 Å². The summed E-state index contributed by atoms with van der Waals surface area (Å²) in [6, 6.07) is 9.21. The van der Waals surface area contributed by atoms with Crippen molar-refractivity contribution in [3.63, 3.8) is 0 Å². The first kappa shape index (κ1) is 12.6. The molecule has 102 valence electrons. The Balaban J connectivity index is 1.75. The van der Waals surface area contributed by atoms with E-state index in [2.05, 4.69) is 15.7 Å². The number of carbonyl (C=O) groups is 2. The first-order chi connectivity index (χ1) is 9.74. The number of amides is 2. The molecule has 1 saturated heterocycles. The van der Waals surface area contributed by atoms with Gasteiger partial charge in [-0.3, -0.25) is 14.9 Å². The number of hydrogen-bond donors (Lipinski definition) is 2. The van der Waals surface area contributed by atoms with Gasteiger partial charge < -0.3 is 5.32 Å². The maximum atomic E-state index is 11.5. The van der Waals surface area contributed by atoms with E-state index in [-0.39, 0.29) is 18.2 Å². The van der Waals surface area contributed by atoms with Gasteiger partial charge in [-0.25, -0.2) is 4.68 Å². The number of rotatable bonds is 4. The zero-order chi connectivity index (χ0) is 13.9. The van der Waals surface area contributed by atoms with Gasteiger partial charge in [0.2, 0.25) is 11.8 Å². The number of aromatic nitrogens is 2. The maximum absolute atomic E-state index is 11.5. The fourth-order valence-corrected chi connectivity index (χ4v) is 2.25. The van der Waals surface area contributed by atoms with Crippen LogP contribution in [0.2, 0.25) is 0 Å². The molecule has 0 radical (unpaired) electrons. The van der Waals surface area contributed by atoms with Gasteiger partial charge in [-0.15, -0.1) is 0 Å². The fourth-order valence-electron chi connectivity index (χ4n) is 2.25. The molecule has 2 heterocycles. The zero-order valence-corrected chi connectivity index (χ0v) is 10.7. The van der Waals surface area contributed by atoms with Crippen molar-refractivity contribution < 1.29 is 9.59 Å². The Morgan fingerprint density at radius 3 is 2.85 bits per heavy atom. The van der Waals surface area contributed by atoms with Crippen LogP contribution in [0.5, 0.6) is 0 Å².